The third-order valence-corrected chi connectivity index (χ3v) is 8.12. The number of piperidine rings is 1. The van der Waals surface area contributed by atoms with Crippen molar-refractivity contribution in [3.8, 4) is 0 Å². The summed E-state index contributed by atoms with van der Waals surface area (Å²) < 4.78 is 38.9. The largest absolute Gasteiger partial charge is 0.378 e. The van der Waals surface area contributed by atoms with Crippen LogP contribution in [0.5, 0.6) is 0 Å². The fourth-order valence-corrected chi connectivity index (χ4v) is 5.62. The minimum Gasteiger partial charge on any atom is -0.378 e. The van der Waals surface area contributed by atoms with Crippen molar-refractivity contribution < 1.29 is 22.7 Å². The van der Waals surface area contributed by atoms with E-state index >= 15 is 0 Å². The second-order valence-corrected chi connectivity index (χ2v) is 10.6. The zero-order valence-corrected chi connectivity index (χ0v) is 20.0. The lowest BCUT2D eigenvalue weighted by Crippen LogP contribution is -2.52. The SMILES string of the molecule is CCOC1CC(c2ccccc2)OC2(CCN(C(=O)c3ccc(S(=O)(=O)NC)cc3)CC2)C1. The summed E-state index contributed by atoms with van der Waals surface area (Å²) in [6.45, 7) is 3.88. The second kappa shape index (κ2) is 9.93. The van der Waals surface area contributed by atoms with Crippen molar-refractivity contribution in [1.82, 2.24) is 9.62 Å². The van der Waals surface area contributed by atoms with Crippen molar-refractivity contribution >= 4 is 15.9 Å². The average Bonchev–Trinajstić information content (AvgIpc) is 2.85. The fraction of sp³-hybridized carbons (Fsp3) is 0.480. The molecule has 2 aromatic rings. The Hall–Kier alpha value is -2.26. The normalized spacial score (nSPS) is 22.9. The topological polar surface area (TPSA) is 84.9 Å². The summed E-state index contributed by atoms with van der Waals surface area (Å²) in [5, 5.41) is 0. The van der Waals surface area contributed by atoms with Gasteiger partial charge in [-0.2, -0.15) is 0 Å². The van der Waals surface area contributed by atoms with E-state index in [1.54, 1.807) is 12.1 Å². The summed E-state index contributed by atoms with van der Waals surface area (Å²) >= 11 is 0. The predicted octanol–water partition coefficient (Wildman–Crippen LogP) is 3.53. The highest BCUT2D eigenvalue weighted by Crippen LogP contribution is 2.44. The molecular weight excluding hydrogens is 440 g/mol. The Labute approximate surface area is 196 Å². The molecule has 2 heterocycles. The number of sulfonamides is 1. The van der Waals surface area contributed by atoms with E-state index in [2.05, 4.69) is 16.9 Å². The highest BCUT2D eigenvalue weighted by molar-refractivity contribution is 7.89. The first-order chi connectivity index (χ1) is 15.9. The molecule has 0 saturated carbocycles. The number of hydrogen-bond acceptors (Lipinski definition) is 5. The molecule has 0 aromatic heterocycles. The fourth-order valence-electron chi connectivity index (χ4n) is 4.89. The zero-order chi connectivity index (χ0) is 23.5. The maximum Gasteiger partial charge on any atom is 0.253 e. The van der Waals surface area contributed by atoms with Gasteiger partial charge in [-0.25, -0.2) is 13.1 Å². The number of ether oxygens (including phenoxy) is 2. The molecule has 2 atom stereocenters. The van der Waals surface area contributed by atoms with E-state index in [0.29, 0.717) is 25.3 Å². The van der Waals surface area contributed by atoms with Crippen LogP contribution in [0.15, 0.2) is 59.5 Å². The van der Waals surface area contributed by atoms with Gasteiger partial charge in [-0.1, -0.05) is 30.3 Å². The van der Waals surface area contributed by atoms with Crippen molar-refractivity contribution in [1.29, 1.82) is 0 Å². The van der Waals surface area contributed by atoms with Gasteiger partial charge in [0.25, 0.3) is 5.91 Å². The number of likely N-dealkylation sites (tertiary alicyclic amines) is 1. The molecule has 0 radical (unpaired) electrons. The van der Waals surface area contributed by atoms with Gasteiger partial charge in [0.05, 0.1) is 22.7 Å². The van der Waals surface area contributed by atoms with E-state index in [-0.39, 0.29) is 28.6 Å². The molecular formula is C25H32N2O5S. The molecule has 178 valence electrons. The monoisotopic (exact) mass is 472 g/mol. The molecule has 2 aliphatic rings. The summed E-state index contributed by atoms with van der Waals surface area (Å²) in [5.74, 6) is -0.0879. The molecule has 2 unspecified atom stereocenters. The third-order valence-electron chi connectivity index (χ3n) is 6.68. The number of nitrogens with one attached hydrogen (secondary N) is 1. The highest BCUT2D eigenvalue weighted by Gasteiger charge is 2.45. The van der Waals surface area contributed by atoms with Crippen molar-refractivity contribution in [2.75, 3.05) is 26.7 Å². The van der Waals surface area contributed by atoms with Gasteiger partial charge in [0.1, 0.15) is 0 Å². The quantitative estimate of drug-likeness (QED) is 0.695. The summed E-state index contributed by atoms with van der Waals surface area (Å²) in [6, 6.07) is 16.3. The first-order valence-corrected chi connectivity index (χ1v) is 13.0. The number of benzene rings is 2. The summed E-state index contributed by atoms with van der Waals surface area (Å²) in [6.07, 6.45) is 3.29. The van der Waals surface area contributed by atoms with Crippen LogP contribution in [-0.2, 0) is 19.5 Å². The molecule has 2 saturated heterocycles. The van der Waals surface area contributed by atoms with Crippen LogP contribution in [0, 0.1) is 0 Å². The van der Waals surface area contributed by atoms with Crippen LogP contribution >= 0.6 is 0 Å². The van der Waals surface area contributed by atoms with E-state index in [1.165, 1.54) is 19.2 Å². The summed E-state index contributed by atoms with van der Waals surface area (Å²) in [7, 11) is -2.16. The van der Waals surface area contributed by atoms with Gasteiger partial charge in [0.2, 0.25) is 10.0 Å². The first kappa shape index (κ1) is 23.9. The Morgan fingerprint density at radius 1 is 1.12 bits per heavy atom. The molecule has 1 amide bonds. The molecule has 1 N–H and O–H groups in total. The van der Waals surface area contributed by atoms with Gasteiger partial charge in [-0.15, -0.1) is 0 Å². The molecule has 1 spiro atoms. The smallest absolute Gasteiger partial charge is 0.253 e. The van der Waals surface area contributed by atoms with Crippen molar-refractivity contribution in [2.45, 2.75) is 55.3 Å². The number of nitrogens with zero attached hydrogens (tertiary/aromatic N) is 1. The van der Waals surface area contributed by atoms with Crippen molar-refractivity contribution in [2.24, 2.45) is 0 Å². The van der Waals surface area contributed by atoms with Crippen LogP contribution in [0.4, 0.5) is 0 Å². The molecule has 2 fully saturated rings. The van der Waals surface area contributed by atoms with E-state index in [9.17, 15) is 13.2 Å². The molecule has 0 aliphatic carbocycles. The number of carbonyl (C=O) groups excluding carboxylic acids is 1. The summed E-state index contributed by atoms with van der Waals surface area (Å²) in [5.41, 5.74) is 1.34. The lowest BCUT2D eigenvalue weighted by atomic mass is 9.80. The zero-order valence-electron chi connectivity index (χ0n) is 19.2. The van der Waals surface area contributed by atoms with Crippen LogP contribution < -0.4 is 4.72 Å². The summed E-state index contributed by atoms with van der Waals surface area (Å²) in [4.78, 5) is 15.0. The Morgan fingerprint density at radius 3 is 2.39 bits per heavy atom. The average molecular weight is 473 g/mol. The number of carbonyl (C=O) groups is 1. The number of amides is 1. The molecule has 33 heavy (non-hydrogen) atoms. The molecule has 2 aliphatic heterocycles. The third kappa shape index (κ3) is 5.30. The van der Waals surface area contributed by atoms with E-state index in [0.717, 1.165) is 31.2 Å². The lowest BCUT2D eigenvalue weighted by molar-refractivity contribution is -0.190. The van der Waals surface area contributed by atoms with Crippen molar-refractivity contribution in [3.05, 3.63) is 65.7 Å². The minimum absolute atomic E-state index is 0.0135. The first-order valence-electron chi connectivity index (χ1n) is 11.5. The second-order valence-electron chi connectivity index (χ2n) is 8.74. The molecule has 0 bridgehead atoms. The number of hydrogen-bond donors (Lipinski definition) is 1. The van der Waals surface area contributed by atoms with Gasteiger partial charge in [-0.3, -0.25) is 4.79 Å². The van der Waals surface area contributed by atoms with Crippen LogP contribution in [0.1, 0.15) is 54.6 Å². The number of rotatable bonds is 6. The Balaban J connectivity index is 1.44. The maximum atomic E-state index is 13.0. The Kier molecular flexibility index (Phi) is 7.19. The van der Waals surface area contributed by atoms with Crippen LogP contribution in [0.3, 0.4) is 0 Å². The van der Waals surface area contributed by atoms with Crippen LogP contribution in [0.25, 0.3) is 0 Å². The van der Waals surface area contributed by atoms with Gasteiger partial charge >= 0.3 is 0 Å². The maximum absolute atomic E-state index is 13.0. The standard InChI is InChI=1S/C25H32N2O5S/c1-3-31-21-17-23(19-7-5-4-6-8-19)32-25(18-21)13-15-27(16-14-25)24(28)20-9-11-22(12-10-20)33(29,30)26-2/h4-12,21,23,26H,3,13-18H2,1-2H3. The Bertz CT molecular complexity index is 1050. The molecule has 8 heteroatoms. The van der Waals surface area contributed by atoms with Gasteiger partial charge in [-0.05, 0) is 56.6 Å². The van der Waals surface area contributed by atoms with E-state index < -0.39 is 10.0 Å². The van der Waals surface area contributed by atoms with Crippen LogP contribution in [-0.4, -0.2) is 57.7 Å². The molecule has 4 rings (SSSR count). The van der Waals surface area contributed by atoms with Crippen molar-refractivity contribution in [3.63, 3.8) is 0 Å². The lowest BCUT2D eigenvalue weighted by Gasteiger charge is -2.48. The van der Waals surface area contributed by atoms with Gasteiger partial charge < -0.3 is 14.4 Å². The minimum atomic E-state index is -3.53. The van der Waals surface area contributed by atoms with Gasteiger partial charge in [0, 0.05) is 38.1 Å². The Morgan fingerprint density at radius 2 is 1.79 bits per heavy atom. The molecule has 2 aromatic carbocycles. The van der Waals surface area contributed by atoms with E-state index in [4.69, 9.17) is 9.47 Å². The highest BCUT2D eigenvalue weighted by atomic mass is 32.2. The molecule has 7 nitrogen and oxygen atoms in total. The van der Waals surface area contributed by atoms with Crippen LogP contribution in [0.2, 0.25) is 0 Å². The van der Waals surface area contributed by atoms with E-state index in [1.807, 2.05) is 30.0 Å². The predicted molar refractivity (Wildman–Crippen MR) is 125 cm³/mol. The van der Waals surface area contributed by atoms with Gasteiger partial charge in [0.15, 0.2) is 0 Å².